The van der Waals surface area contributed by atoms with Gasteiger partial charge in [0.2, 0.25) is 11.8 Å². The number of amides is 6. The van der Waals surface area contributed by atoms with Crippen molar-refractivity contribution in [2.75, 3.05) is 11.9 Å². The number of carbonyl (C=O) groups is 6. The van der Waals surface area contributed by atoms with Gasteiger partial charge >= 0.3 is 0 Å². The van der Waals surface area contributed by atoms with Gasteiger partial charge < -0.3 is 15.4 Å². The number of nitrogens with one attached hydrogen (secondary N) is 3. The second kappa shape index (κ2) is 8.51. The lowest BCUT2D eigenvalue weighted by atomic mass is 10.0. The Balaban J connectivity index is 1.31. The Morgan fingerprint density at radius 3 is 2.57 bits per heavy atom. The number of piperidine rings is 1. The summed E-state index contributed by atoms with van der Waals surface area (Å²) in [5.74, 6) is -2.90. The number of anilines is 1. The zero-order valence-electron chi connectivity index (χ0n) is 18.0. The lowest BCUT2D eigenvalue weighted by molar-refractivity contribution is -0.136. The summed E-state index contributed by atoms with van der Waals surface area (Å²) in [6.45, 7) is -0.148. The Morgan fingerprint density at radius 1 is 1.03 bits per heavy atom. The van der Waals surface area contributed by atoms with Gasteiger partial charge in [-0.05, 0) is 36.2 Å². The van der Waals surface area contributed by atoms with Gasteiger partial charge in [0.05, 0.1) is 27.4 Å². The summed E-state index contributed by atoms with van der Waals surface area (Å²) in [5, 5.41) is 7.56. The maximum absolute atomic E-state index is 12.9. The third-order valence-corrected chi connectivity index (χ3v) is 6.22. The molecule has 0 spiro atoms. The van der Waals surface area contributed by atoms with Crippen molar-refractivity contribution in [3.63, 3.8) is 0 Å². The van der Waals surface area contributed by atoms with E-state index in [-0.39, 0.29) is 53.6 Å². The number of hydrogen-bond acceptors (Lipinski definition) is 7. The molecule has 6 amide bonds. The first-order valence-corrected chi connectivity index (χ1v) is 11.0. The molecule has 12 heteroatoms. The van der Waals surface area contributed by atoms with E-state index in [2.05, 4.69) is 16.0 Å². The van der Waals surface area contributed by atoms with Crippen LogP contribution >= 0.6 is 11.6 Å². The number of benzene rings is 2. The zero-order valence-corrected chi connectivity index (χ0v) is 18.7. The minimum atomic E-state index is -1.05. The van der Waals surface area contributed by atoms with Crippen LogP contribution in [0, 0.1) is 0 Å². The fourth-order valence-corrected chi connectivity index (χ4v) is 4.43. The summed E-state index contributed by atoms with van der Waals surface area (Å²) in [7, 11) is 0. The molecule has 0 radical (unpaired) electrons. The maximum atomic E-state index is 12.9. The second-order valence-electron chi connectivity index (χ2n) is 8.17. The molecule has 0 aliphatic carbocycles. The fourth-order valence-electron chi connectivity index (χ4n) is 4.18. The van der Waals surface area contributed by atoms with Crippen molar-refractivity contribution in [1.82, 2.24) is 15.5 Å². The number of nitrogens with zero attached hydrogens (tertiary/aromatic N) is 1. The Bertz CT molecular complexity index is 1360. The summed E-state index contributed by atoms with van der Waals surface area (Å²) in [5.41, 5.74) is 1.30. The first-order valence-electron chi connectivity index (χ1n) is 10.6. The van der Waals surface area contributed by atoms with E-state index in [0.717, 1.165) is 4.90 Å². The van der Waals surface area contributed by atoms with E-state index in [0.29, 0.717) is 17.0 Å². The van der Waals surface area contributed by atoms with Crippen molar-refractivity contribution in [1.29, 1.82) is 0 Å². The van der Waals surface area contributed by atoms with E-state index in [1.165, 1.54) is 24.3 Å². The van der Waals surface area contributed by atoms with E-state index in [9.17, 15) is 28.8 Å². The van der Waals surface area contributed by atoms with Crippen LogP contribution in [-0.4, -0.2) is 53.0 Å². The smallest absolute Gasteiger partial charge is 0.262 e. The molecule has 3 aliphatic rings. The summed E-state index contributed by atoms with van der Waals surface area (Å²) in [6.07, 6.45) is 0.0950. The highest BCUT2D eigenvalue weighted by molar-refractivity contribution is 6.34. The van der Waals surface area contributed by atoms with Crippen LogP contribution in [0.1, 0.15) is 49.5 Å². The number of halogens is 1. The van der Waals surface area contributed by atoms with Crippen LogP contribution in [0.4, 0.5) is 5.69 Å². The van der Waals surface area contributed by atoms with Crippen molar-refractivity contribution < 1.29 is 33.5 Å². The van der Waals surface area contributed by atoms with Crippen LogP contribution in [-0.2, 0) is 20.9 Å². The molecular formula is C23H17ClN4O7. The van der Waals surface area contributed by atoms with Gasteiger partial charge in [0.25, 0.3) is 23.6 Å². The minimum Gasteiger partial charge on any atom is -0.482 e. The van der Waals surface area contributed by atoms with Crippen LogP contribution < -0.4 is 20.7 Å². The highest BCUT2D eigenvalue weighted by Crippen LogP contribution is 2.33. The van der Waals surface area contributed by atoms with Crippen molar-refractivity contribution >= 4 is 52.7 Å². The van der Waals surface area contributed by atoms with Crippen LogP contribution in [0.25, 0.3) is 0 Å². The first kappa shape index (κ1) is 22.5. The molecule has 1 atom stereocenters. The molecule has 2 aromatic carbocycles. The number of ether oxygens (including phenoxy) is 1. The number of rotatable bonds is 4. The molecule has 5 rings (SSSR count). The fraction of sp³-hybridized carbons (Fsp3) is 0.217. The van der Waals surface area contributed by atoms with Crippen molar-refractivity contribution in [3.05, 3.63) is 57.6 Å². The SMILES string of the molecule is O=C1CCC(N2C(=O)c3ccc(CNC(=O)c4cc5c(cc4Cl)NC(=O)CO5)cc3C2=O)C(=O)N1. The van der Waals surface area contributed by atoms with E-state index in [1.807, 2.05) is 0 Å². The molecule has 11 nitrogen and oxygen atoms in total. The Hall–Kier alpha value is -4.25. The third-order valence-electron chi connectivity index (χ3n) is 5.90. The quantitative estimate of drug-likeness (QED) is 0.534. The average Bonchev–Trinajstić information content (AvgIpc) is 3.06. The van der Waals surface area contributed by atoms with Crippen LogP contribution in [0.2, 0.25) is 5.02 Å². The summed E-state index contributed by atoms with van der Waals surface area (Å²) in [4.78, 5) is 74.4. The van der Waals surface area contributed by atoms with E-state index >= 15 is 0 Å². The van der Waals surface area contributed by atoms with E-state index < -0.39 is 35.6 Å². The Labute approximate surface area is 202 Å². The van der Waals surface area contributed by atoms with Gasteiger partial charge in [0.15, 0.2) is 6.61 Å². The second-order valence-corrected chi connectivity index (χ2v) is 8.58. The molecule has 1 saturated heterocycles. The highest BCUT2D eigenvalue weighted by atomic mass is 35.5. The van der Waals surface area contributed by atoms with Gasteiger partial charge in [-0.25, -0.2) is 0 Å². The van der Waals surface area contributed by atoms with Crippen LogP contribution in [0.15, 0.2) is 30.3 Å². The third kappa shape index (κ3) is 3.99. The van der Waals surface area contributed by atoms with Crippen molar-refractivity contribution in [3.8, 4) is 5.75 Å². The molecule has 0 aromatic heterocycles. The number of imide groups is 2. The Kier molecular flexibility index (Phi) is 5.48. The van der Waals surface area contributed by atoms with Gasteiger partial charge in [-0.3, -0.25) is 39.0 Å². The molecule has 3 N–H and O–H groups in total. The van der Waals surface area contributed by atoms with Gasteiger partial charge in [-0.15, -0.1) is 0 Å². The predicted molar refractivity (Wildman–Crippen MR) is 120 cm³/mol. The van der Waals surface area contributed by atoms with Crippen LogP contribution in [0.3, 0.4) is 0 Å². The van der Waals surface area contributed by atoms with Crippen molar-refractivity contribution in [2.45, 2.75) is 25.4 Å². The molecule has 1 unspecified atom stereocenters. The minimum absolute atomic E-state index is 0.0248. The van der Waals surface area contributed by atoms with E-state index in [1.54, 1.807) is 6.07 Å². The molecule has 0 bridgehead atoms. The Morgan fingerprint density at radius 2 is 1.80 bits per heavy atom. The lowest BCUT2D eigenvalue weighted by Crippen LogP contribution is -2.54. The molecule has 1 fully saturated rings. The monoisotopic (exact) mass is 496 g/mol. The normalized spacial score (nSPS) is 18.9. The highest BCUT2D eigenvalue weighted by Gasteiger charge is 2.44. The van der Waals surface area contributed by atoms with Gasteiger partial charge in [-0.2, -0.15) is 0 Å². The molecular weight excluding hydrogens is 480 g/mol. The summed E-state index contributed by atoms with van der Waals surface area (Å²) in [6, 6.07) is 6.33. The molecule has 3 aliphatic heterocycles. The lowest BCUT2D eigenvalue weighted by Gasteiger charge is -2.27. The molecule has 178 valence electrons. The predicted octanol–water partition coefficient (Wildman–Crippen LogP) is 1.00. The largest absolute Gasteiger partial charge is 0.482 e. The zero-order chi connectivity index (χ0) is 24.9. The van der Waals surface area contributed by atoms with Crippen LogP contribution in [0.5, 0.6) is 5.75 Å². The summed E-state index contributed by atoms with van der Waals surface area (Å²) < 4.78 is 5.32. The molecule has 2 aromatic rings. The number of carbonyl (C=O) groups excluding carboxylic acids is 6. The van der Waals surface area contributed by atoms with Crippen molar-refractivity contribution in [2.24, 2.45) is 0 Å². The number of hydrogen-bond donors (Lipinski definition) is 3. The molecule has 35 heavy (non-hydrogen) atoms. The van der Waals surface area contributed by atoms with Gasteiger partial charge in [-0.1, -0.05) is 17.7 Å². The standard InChI is InChI=1S/C23H17ClN4O7/c24-14-7-15-17(35-9-19(30)26-15)6-13(14)20(31)25-8-10-1-2-11-12(5-10)23(34)28(22(11)33)16-3-4-18(29)27-21(16)32/h1-2,5-7,16H,3-4,8-9H2,(H,25,31)(H,26,30)(H,27,29,32). The maximum Gasteiger partial charge on any atom is 0.262 e. The van der Waals surface area contributed by atoms with E-state index in [4.69, 9.17) is 16.3 Å². The summed E-state index contributed by atoms with van der Waals surface area (Å²) >= 11 is 6.20. The van der Waals surface area contributed by atoms with Gasteiger partial charge in [0.1, 0.15) is 11.8 Å². The topological polar surface area (TPSA) is 151 Å². The number of fused-ring (bicyclic) bond motifs is 2. The van der Waals surface area contributed by atoms with Gasteiger partial charge in [0, 0.05) is 13.0 Å². The molecule has 3 heterocycles. The average molecular weight is 497 g/mol. The molecule has 0 saturated carbocycles. The first-order chi connectivity index (χ1) is 16.7.